The molecule has 0 unspecified atom stereocenters. The van der Waals surface area contributed by atoms with Gasteiger partial charge in [0.15, 0.2) is 40.5 Å². The normalized spacial score (nSPS) is 11.4. The zero-order valence-electron chi connectivity index (χ0n) is 63.4. The van der Waals surface area contributed by atoms with Crippen LogP contribution in [0.3, 0.4) is 0 Å². The summed E-state index contributed by atoms with van der Waals surface area (Å²) in [6.45, 7) is 0. The molecule has 0 spiro atoms. The third-order valence-corrected chi connectivity index (χ3v) is 21.7. The fourth-order valence-corrected chi connectivity index (χ4v) is 15.3. The first kappa shape index (κ1) is 69.7. The summed E-state index contributed by atoms with van der Waals surface area (Å²) in [6.07, 6.45) is 3.71. The average Bonchev–Trinajstić information content (AvgIpc) is 1.62. The fraction of sp³-hybridized carbons (Fsp3) is 0. The molecule has 0 saturated heterocycles. The highest BCUT2D eigenvalue weighted by Crippen LogP contribution is 2.39. The van der Waals surface area contributed by atoms with E-state index in [1.165, 1.54) is 11.1 Å². The maximum absolute atomic E-state index is 6.24. The molecular formula is C106H66N10O2. The predicted molar refractivity (Wildman–Crippen MR) is 477 cm³/mol. The lowest BCUT2D eigenvalue weighted by atomic mass is 9.97. The van der Waals surface area contributed by atoms with Crippen molar-refractivity contribution in [2.45, 2.75) is 0 Å². The number of nitrogens with zero attached hydrogens (tertiary/aromatic N) is 10. The van der Waals surface area contributed by atoms with E-state index in [9.17, 15) is 0 Å². The van der Waals surface area contributed by atoms with Gasteiger partial charge in [-0.3, -0.25) is 9.97 Å². The van der Waals surface area contributed by atoms with E-state index in [4.69, 9.17) is 53.7 Å². The minimum Gasteiger partial charge on any atom is -0.454 e. The van der Waals surface area contributed by atoms with Crippen molar-refractivity contribution in [3.05, 3.63) is 401 Å². The summed E-state index contributed by atoms with van der Waals surface area (Å²) in [5.41, 5.74) is 29.7. The lowest BCUT2D eigenvalue weighted by Gasteiger charge is -2.10. The summed E-state index contributed by atoms with van der Waals surface area (Å²) >= 11 is 0. The molecule has 0 aliphatic heterocycles. The third kappa shape index (κ3) is 13.9. The SMILES string of the molecule is c1ccc(-c2ccc(-c3nc(-c4ccccc4)nc(-c4ccc(-c5ccc(-c6ccc(-c7cc8c(cn7)oc7c9ccccc9ncc87)cc6)cc5)cc4)n3)cc2)cc1.c1ccc(-c2ccc(-c3nc(-c4ccccc4)nc(-c4ccc(-c5ccc(-c6ccc(-c7ccc8c(c7)oc7nc9ccccc9nc78)cc6)cc5)cc4)n3)cc2)cc1. The second-order valence-electron chi connectivity index (χ2n) is 29.1. The van der Waals surface area contributed by atoms with Crippen molar-refractivity contribution in [1.29, 1.82) is 0 Å². The Morgan fingerprint density at radius 1 is 0.169 bits per heavy atom. The van der Waals surface area contributed by atoms with E-state index in [-0.39, 0.29) is 0 Å². The predicted octanol–water partition coefficient (Wildman–Crippen LogP) is 26.8. The van der Waals surface area contributed by atoms with Crippen LogP contribution in [0.25, 0.3) is 224 Å². The standard InChI is InChI=1S/2C53H33N5O/c1-3-9-34(10-4-1)35-21-27-42(28-22-35)52-56-51(41-11-5-2-6-12-41)57-53(58-52)43-29-23-39(24-30-43)37-17-15-36(16-18-37)38-19-25-40(26-20-38)48-31-45-46-32-54-47-14-8-7-13-44(47)50(46)59-49(45)33-55-48;1-3-9-34(10-4-1)35-23-27-42(28-24-35)51-56-50(41-11-5-2-6-12-41)57-52(58-51)43-29-25-39(26-30-43)37-17-15-36(16-18-37)38-19-21-40(22-20-38)44-31-32-45-48(33-44)59-53-49(45)54-46-13-7-8-14-47(46)55-53/h2*1-33H. The molecule has 7 aromatic heterocycles. The highest BCUT2D eigenvalue weighted by molar-refractivity contribution is 6.14. The van der Waals surface area contributed by atoms with Gasteiger partial charge in [-0.25, -0.2) is 39.9 Å². The molecule has 0 atom stereocenters. The molecule has 22 rings (SSSR count). The fourth-order valence-electron chi connectivity index (χ4n) is 15.3. The number of rotatable bonds is 14. The second-order valence-corrected chi connectivity index (χ2v) is 29.1. The van der Waals surface area contributed by atoms with Gasteiger partial charge in [0.05, 0.1) is 28.4 Å². The quantitative estimate of drug-likeness (QED) is 0.102. The lowest BCUT2D eigenvalue weighted by Crippen LogP contribution is -2.00. The molecule has 12 nitrogen and oxygen atoms in total. The Labute approximate surface area is 678 Å². The molecule has 12 heteroatoms. The van der Waals surface area contributed by atoms with Crippen LogP contribution in [-0.2, 0) is 0 Å². The zero-order chi connectivity index (χ0) is 78.2. The van der Waals surface area contributed by atoms with E-state index in [0.29, 0.717) is 40.7 Å². The van der Waals surface area contributed by atoms with Gasteiger partial charge in [0.25, 0.3) is 0 Å². The smallest absolute Gasteiger partial charge is 0.246 e. The molecule has 0 N–H and O–H groups in total. The van der Waals surface area contributed by atoms with Gasteiger partial charge in [0.1, 0.15) is 16.7 Å². The molecular weight excluding hydrogens is 1450 g/mol. The van der Waals surface area contributed by atoms with Gasteiger partial charge in [-0.1, -0.05) is 346 Å². The van der Waals surface area contributed by atoms with Crippen LogP contribution in [0.15, 0.2) is 409 Å². The molecule has 15 aromatic carbocycles. The molecule has 0 aliphatic rings. The van der Waals surface area contributed by atoms with Crippen LogP contribution in [0.5, 0.6) is 0 Å². The van der Waals surface area contributed by atoms with Gasteiger partial charge in [0.2, 0.25) is 5.71 Å². The van der Waals surface area contributed by atoms with Crippen molar-refractivity contribution in [3.8, 4) is 157 Å². The Balaban J connectivity index is 0.000000147. The Kier molecular flexibility index (Phi) is 18.0. The lowest BCUT2D eigenvalue weighted by molar-refractivity contribution is 0.655. The van der Waals surface area contributed by atoms with Crippen LogP contribution < -0.4 is 0 Å². The minimum atomic E-state index is 0.557. The van der Waals surface area contributed by atoms with E-state index in [1.807, 2.05) is 134 Å². The van der Waals surface area contributed by atoms with E-state index in [0.717, 1.165) is 172 Å². The maximum atomic E-state index is 6.24. The molecule has 0 fully saturated rings. The molecule has 0 bridgehead atoms. The minimum absolute atomic E-state index is 0.557. The molecule has 7 heterocycles. The molecule has 0 radical (unpaired) electrons. The Hall–Kier alpha value is -16.2. The Bertz CT molecular complexity index is 7440. The van der Waals surface area contributed by atoms with E-state index in [1.54, 1.807) is 0 Å². The third-order valence-electron chi connectivity index (χ3n) is 21.7. The number of aromatic nitrogens is 10. The maximum Gasteiger partial charge on any atom is 0.246 e. The van der Waals surface area contributed by atoms with Crippen molar-refractivity contribution in [3.63, 3.8) is 0 Å². The summed E-state index contributed by atoms with van der Waals surface area (Å²) < 4.78 is 12.4. The highest BCUT2D eigenvalue weighted by atomic mass is 16.3. The van der Waals surface area contributed by atoms with Gasteiger partial charge < -0.3 is 8.83 Å². The van der Waals surface area contributed by atoms with Gasteiger partial charge in [-0.2, -0.15) is 0 Å². The topological polar surface area (TPSA) is 155 Å². The van der Waals surface area contributed by atoms with E-state index in [2.05, 4.69) is 272 Å². The molecule has 118 heavy (non-hydrogen) atoms. The Morgan fingerprint density at radius 2 is 0.466 bits per heavy atom. The monoisotopic (exact) mass is 1510 g/mol. The molecule has 0 saturated carbocycles. The van der Waals surface area contributed by atoms with Crippen LogP contribution in [0, 0.1) is 0 Å². The van der Waals surface area contributed by atoms with Crippen LogP contribution in [-0.4, -0.2) is 49.8 Å². The van der Waals surface area contributed by atoms with Crippen LogP contribution in [0.4, 0.5) is 0 Å². The van der Waals surface area contributed by atoms with Gasteiger partial charge >= 0.3 is 0 Å². The summed E-state index contributed by atoms with van der Waals surface area (Å²) in [6, 6.07) is 133. The number of hydrogen-bond acceptors (Lipinski definition) is 12. The van der Waals surface area contributed by atoms with Crippen molar-refractivity contribution in [2.75, 3.05) is 0 Å². The van der Waals surface area contributed by atoms with Crippen LogP contribution in [0.2, 0.25) is 0 Å². The van der Waals surface area contributed by atoms with Crippen LogP contribution in [0.1, 0.15) is 0 Å². The second kappa shape index (κ2) is 30.4. The number of benzene rings is 15. The van der Waals surface area contributed by atoms with Crippen molar-refractivity contribution < 1.29 is 8.83 Å². The summed E-state index contributed by atoms with van der Waals surface area (Å²) in [5.74, 6) is 3.81. The number of fused-ring (bicyclic) bond motifs is 9. The van der Waals surface area contributed by atoms with E-state index >= 15 is 0 Å². The van der Waals surface area contributed by atoms with E-state index < -0.39 is 0 Å². The highest BCUT2D eigenvalue weighted by Gasteiger charge is 2.20. The summed E-state index contributed by atoms with van der Waals surface area (Å²) in [4.78, 5) is 48.6. The van der Waals surface area contributed by atoms with Gasteiger partial charge in [-0.15, -0.1) is 0 Å². The van der Waals surface area contributed by atoms with Crippen LogP contribution >= 0.6 is 0 Å². The Morgan fingerprint density at radius 3 is 0.856 bits per heavy atom. The largest absolute Gasteiger partial charge is 0.454 e. The molecule has 0 aliphatic carbocycles. The number of furan rings is 2. The van der Waals surface area contributed by atoms with Crippen molar-refractivity contribution in [2.24, 2.45) is 0 Å². The van der Waals surface area contributed by atoms with Gasteiger partial charge in [0, 0.05) is 66.7 Å². The summed E-state index contributed by atoms with van der Waals surface area (Å²) in [5, 5.41) is 3.97. The van der Waals surface area contributed by atoms with Crippen molar-refractivity contribution >= 4 is 66.1 Å². The first-order valence-electron chi connectivity index (χ1n) is 39.1. The molecule has 0 amide bonds. The molecule has 22 aromatic rings. The number of pyridine rings is 2. The number of para-hydroxylation sites is 3. The van der Waals surface area contributed by atoms with Gasteiger partial charge in [-0.05, 0) is 120 Å². The molecule has 552 valence electrons. The van der Waals surface area contributed by atoms with Crippen molar-refractivity contribution in [1.82, 2.24) is 49.8 Å². The first-order chi connectivity index (χ1) is 58.4. The summed E-state index contributed by atoms with van der Waals surface area (Å²) in [7, 11) is 0. The first-order valence-corrected chi connectivity index (χ1v) is 39.1. The average molecular weight is 1510 g/mol. The number of hydrogen-bond donors (Lipinski definition) is 0. The zero-order valence-corrected chi connectivity index (χ0v) is 63.4.